The summed E-state index contributed by atoms with van der Waals surface area (Å²) in [5.74, 6) is 1.67. The number of hydrogen-bond acceptors (Lipinski definition) is 3. The molecule has 1 heterocycles. The molecule has 0 aromatic carbocycles. The molecule has 0 spiro atoms. The van der Waals surface area contributed by atoms with E-state index in [1.807, 2.05) is 13.0 Å². The van der Waals surface area contributed by atoms with Gasteiger partial charge in [0.05, 0.1) is 7.11 Å². The molecule has 1 aliphatic heterocycles. The van der Waals surface area contributed by atoms with Crippen LogP contribution in [-0.4, -0.2) is 37.6 Å². The second kappa shape index (κ2) is 5.67. The summed E-state index contributed by atoms with van der Waals surface area (Å²) in [5.41, 5.74) is 0.810. The van der Waals surface area contributed by atoms with Crippen LogP contribution in [0, 0.1) is 11.8 Å². The predicted octanol–water partition coefficient (Wildman–Crippen LogP) is 2.23. The summed E-state index contributed by atoms with van der Waals surface area (Å²) in [6.45, 7) is 5.35. The fourth-order valence-electron chi connectivity index (χ4n) is 3.22. The topological polar surface area (TPSA) is 29.5 Å². The number of carbonyl (C=O) groups is 1. The molecule has 1 saturated carbocycles. The van der Waals surface area contributed by atoms with Crippen molar-refractivity contribution in [3.05, 3.63) is 11.6 Å². The fraction of sp³-hybridized carbons (Fsp3) is 0.786. The van der Waals surface area contributed by atoms with Crippen LogP contribution in [0.15, 0.2) is 11.6 Å². The lowest BCUT2D eigenvalue weighted by molar-refractivity contribution is -0.136. The fourth-order valence-corrected chi connectivity index (χ4v) is 3.22. The van der Waals surface area contributed by atoms with Crippen molar-refractivity contribution in [3.8, 4) is 0 Å². The standard InChI is InChI=1S/C14H23NO2/c1-3-11(14(16)17-2)7-8-15-9-12-5-4-6-13(12)10-15/h7,12-13H,3-6,8-10H2,1-2H3. The number of methoxy groups -OCH3 is 1. The van der Waals surface area contributed by atoms with Gasteiger partial charge in [-0.15, -0.1) is 0 Å². The summed E-state index contributed by atoms with van der Waals surface area (Å²) in [5, 5.41) is 0. The maximum atomic E-state index is 11.4. The van der Waals surface area contributed by atoms with Crippen molar-refractivity contribution in [2.45, 2.75) is 32.6 Å². The Balaban J connectivity index is 1.85. The van der Waals surface area contributed by atoms with Gasteiger partial charge in [-0.25, -0.2) is 4.79 Å². The molecule has 3 nitrogen and oxygen atoms in total. The molecule has 0 amide bonds. The van der Waals surface area contributed by atoms with Crippen molar-refractivity contribution in [2.75, 3.05) is 26.7 Å². The van der Waals surface area contributed by atoms with Crippen LogP contribution in [-0.2, 0) is 9.53 Å². The number of rotatable bonds is 4. The zero-order chi connectivity index (χ0) is 12.3. The van der Waals surface area contributed by atoms with Gasteiger partial charge in [0.2, 0.25) is 0 Å². The van der Waals surface area contributed by atoms with Gasteiger partial charge in [-0.05, 0) is 31.1 Å². The number of carbonyl (C=O) groups excluding carboxylic acids is 1. The van der Waals surface area contributed by atoms with E-state index in [1.165, 1.54) is 39.5 Å². The van der Waals surface area contributed by atoms with Crippen LogP contribution in [0.2, 0.25) is 0 Å². The minimum Gasteiger partial charge on any atom is -0.466 e. The SMILES string of the molecule is CCC(=CCN1CC2CCCC2C1)C(=O)OC. The molecule has 2 atom stereocenters. The summed E-state index contributed by atoms with van der Waals surface area (Å²) in [6, 6.07) is 0. The average Bonchev–Trinajstić information content (AvgIpc) is 2.89. The molecule has 2 aliphatic rings. The monoisotopic (exact) mass is 237 g/mol. The highest BCUT2D eigenvalue weighted by Crippen LogP contribution is 2.37. The Hall–Kier alpha value is -0.830. The smallest absolute Gasteiger partial charge is 0.333 e. The summed E-state index contributed by atoms with van der Waals surface area (Å²) < 4.78 is 4.77. The summed E-state index contributed by atoms with van der Waals surface area (Å²) in [6.07, 6.45) is 7.03. The molecule has 0 bridgehead atoms. The first kappa shape index (κ1) is 12.6. The third-order valence-corrected chi connectivity index (χ3v) is 4.23. The molecule has 0 radical (unpaired) electrons. The molecule has 17 heavy (non-hydrogen) atoms. The van der Waals surface area contributed by atoms with E-state index in [4.69, 9.17) is 4.74 Å². The molecular weight excluding hydrogens is 214 g/mol. The van der Waals surface area contributed by atoms with Crippen molar-refractivity contribution in [3.63, 3.8) is 0 Å². The van der Waals surface area contributed by atoms with Crippen molar-refractivity contribution >= 4 is 5.97 Å². The van der Waals surface area contributed by atoms with Crippen molar-refractivity contribution in [2.24, 2.45) is 11.8 Å². The third kappa shape index (κ3) is 2.89. The van der Waals surface area contributed by atoms with Crippen LogP contribution in [0.5, 0.6) is 0 Å². The minimum atomic E-state index is -0.174. The first-order valence-corrected chi connectivity index (χ1v) is 6.74. The second-order valence-electron chi connectivity index (χ2n) is 5.24. The predicted molar refractivity (Wildman–Crippen MR) is 67.7 cm³/mol. The Bertz CT molecular complexity index is 299. The van der Waals surface area contributed by atoms with Crippen molar-refractivity contribution in [1.82, 2.24) is 4.90 Å². The molecule has 0 aromatic heterocycles. The van der Waals surface area contributed by atoms with Gasteiger partial charge in [0, 0.05) is 25.2 Å². The zero-order valence-corrected chi connectivity index (χ0v) is 10.9. The zero-order valence-electron chi connectivity index (χ0n) is 10.9. The van der Waals surface area contributed by atoms with Gasteiger partial charge in [0.1, 0.15) is 0 Å². The van der Waals surface area contributed by atoms with Gasteiger partial charge < -0.3 is 4.74 Å². The largest absolute Gasteiger partial charge is 0.466 e. The van der Waals surface area contributed by atoms with Gasteiger partial charge in [0.25, 0.3) is 0 Å². The average molecular weight is 237 g/mol. The number of hydrogen-bond donors (Lipinski definition) is 0. The van der Waals surface area contributed by atoms with Crippen molar-refractivity contribution < 1.29 is 9.53 Å². The molecule has 1 saturated heterocycles. The molecule has 2 fully saturated rings. The number of likely N-dealkylation sites (tertiary alicyclic amines) is 1. The van der Waals surface area contributed by atoms with E-state index < -0.39 is 0 Å². The lowest BCUT2D eigenvalue weighted by Crippen LogP contribution is -2.22. The van der Waals surface area contributed by atoms with Crippen LogP contribution in [0.25, 0.3) is 0 Å². The number of fused-ring (bicyclic) bond motifs is 1. The third-order valence-electron chi connectivity index (χ3n) is 4.23. The number of esters is 1. The van der Waals surface area contributed by atoms with E-state index in [-0.39, 0.29) is 5.97 Å². The van der Waals surface area contributed by atoms with Gasteiger partial charge in [-0.1, -0.05) is 19.4 Å². The first-order valence-electron chi connectivity index (χ1n) is 6.74. The summed E-state index contributed by atoms with van der Waals surface area (Å²) in [7, 11) is 1.45. The Labute approximate surface area is 104 Å². The Morgan fingerprint density at radius 2 is 2.00 bits per heavy atom. The van der Waals surface area contributed by atoms with Crippen LogP contribution in [0.1, 0.15) is 32.6 Å². The highest BCUT2D eigenvalue weighted by molar-refractivity contribution is 5.88. The number of ether oxygens (including phenoxy) is 1. The molecule has 0 aromatic rings. The van der Waals surface area contributed by atoms with Gasteiger partial charge >= 0.3 is 5.97 Å². The van der Waals surface area contributed by atoms with E-state index >= 15 is 0 Å². The Morgan fingerprint density at radius 1 is 1.35 bits per heavy atom. The minimum absolute atomic E-state index is 0.174. The maximum absolute atomic E-state index is 11.4. The van der Waals surface area contributed by atoms with Gasteiger partial charge in [0.15, 0.2) is 0 Å². The van der Waals surface area contributed by atoms with Gasteiger partial charge in [-0.2, -0.15) is 0 Å². The van der Waals surface area contributed by atoms with E-state index in [9.17, 15) is 4.79 Å². The van der Waals surface area contributed by atoms with E-state index in [0.29, 0.717) is 0 Å². The Morgan fingerprint density at radius 3 is 2.53 bits per heavy atom. The molecule has 3 heteroatoms. The van der Waals surface area contributed by atoms with Crippen LogP contribution >= 0.6 is 0 Å². The molecule has 0 N–H and O–H groups in total. The lowest BCUT2D eigenvalue weighted by atomic mass is 10.0. The molecule has 96 valence electrons. The summed E-state index contributed by atoms with van der Waals surface area (Å²) in [4.78, 5) is 13.9. The highest BCUT2D eigenvalue weighted by Gasteiger charge is 2.35. The summed E-state index contributed by atoms with van der Waals surface area (Å²) >= 11 is 0. The van der Waals surface area contributed by atoms with E-state index in [0.717, 1.165) is 30.4 Å². The molecule has 2 unspecified atom stereocenters. The Kier molecular flexibility index (Phi) is 4.21. The molecule has 1 aliphatic carbocycles. The normalized spacial score (nSPS) is 29.4. The van der Waals surface area contributed by atoms with Crippen LogP contribution in [0.4, 0.5) is 0 Å². The van der Waals surface area contributed by atoms with E-state index in [1.54, 1.807) is 0 Å². The second-order valence-corrected chi connectivity index (χ2v) is 5.24. The quantitative estimate of drug-likeness (QED) is 0.554. The maximum Gasteiger partial charge on any atom is 0.333 e. The van der Waals surface area contributed by atoms with Crippen LogP contribution < -0.4 is 0 Å². The highest BCUT2D eigenvalue weighted by atomic mass is 16.5. The van der Waals surface area contributed by atoms with Crippen molar-refractivity contribution in [1.29, 1.82) is 0 Å². The lowest BCUT2D eigenvalue weighted by Gasteiger charge is -2.14. The number of nitrogens with zero attached hydrogens (tertiary/aromatic N) is 1. The molecular formula is C14H23NO2. The molecule has 2 rings (SSSR count). The van der Waals surface area contributed by atoms with E-state index in [2.05, 4.69) is 4.90 Å². The van der Waals surface area contributed by atoms with Gasteiger partial charge in [-0.3, -0.25) is 4.90 Å². The first-order chi connectivity index (χ1) is 8.24. The van der Waals surface area contributed by atoms with Crippen LogP contribution in [0.3, 0.4) is 0 Å².